The van der Waals surface area contributed by atoms with Crippen molar-refractivity contribution < 1.29 is 4.79 Å². The quantitative estimate of drug-likeness (QED) is 0.892. The molecule has 0 bridgehead atoms. The van der Waals surface area contributed by atoms with Crippen LogP contribution in [-0.4, -0.2) is 29.0 Å². The lowest BCUT2D eigenvalue weighted by molar-refractivity contribution is 0.186. The summed E-state index contributed by atoms with van der Waals surface area (Å²) in [7, 11) is 0. The van der Waals surface area contributed by atoms with Crippen LogP contribution >= 0.6 is 0 Å². The first kappa shape index (κ1) is 14.0. The lowest BCUT2D eigenvalue weighted by atomic mass is 10.1. The second-order valence-corrected chi connectivity index (χ2v) is 5.78. The molecule has 0 unspecified atom stereocenters. The fourth-order valence-electron chi connectivity index (χ4n) is 2.93. The normalized spacial score (nSPS) is 15.4. The number of carbonyl (C=O) groups excluding carboxylic acids is 1. The van der Waals surface area contributed by atoms with Gasteiger partial charge in [-0.05, 0) is 48.8 Å². The van der Waals surface area contributed by atoms with Crippen LogP contribution in [0, 0.1) is 0 Å². The fourth-order valence-corrected chi connectivity index (χ4v) is 2.93. The van der Waals surface area contributed by atoms with Gasteiger partial charge in [-0.25, -0.2) is 4.79 Å². The molecule has 21 heavy (non-hydrogen) atoms. The van der Waals surface area contributed by atoms with Crippen LogP contribution in [0.3, 0.4) is 0 Å². The van der Waals surface area contributed by atoms with Crippen molar-refractivity contribution in [3.63, 3.8) is 0 Å². The number of urea groups is 1. The van der Waals surface area contributed by atoms with Crippen molar-refractivity contribution in [1.82, 2.24) is 15.2 Å². The maximum atomic E-state index is 12.1. The highest BCUT2D eigenvalue weighted by atomic mass is 16.2. The van der Waals surface area contributed by atoms with E-state index in [1.807, 2.05) is 4.90 Å². The van der Waals surface area contributed by atoms with Gasteiger partial charge in [0, 0.05) is 24.3 Å². The minimum Gasteiger partial charge on any atom is -0.357 e. The number of aromatic nitrogens is 1. The topological polar surface area (TPSA) is 48.1 Å². The van der Waals surface area contributed by atoms with Crippen LogP contribution in [0.4, 0.5) is 4.79 Å². The van der Waals surface area contributed by atoms with Gasteiger partial charge in [0.25, 0.3) is 0 Å². The molecule has 1 aliphatic heterocycles. The Bertz CT molecular complexity index is 626. The van der Waals surface area contributed by atoms with E-state index in [1.165, 1.54) is 17.4 Å². The van der Waals surface area contributed by atoms with Gasteiger partial charge in [0.15, 0.2) is 0 Å². The van der Waals surface area contributed by atoms with Crippen LogP contribution in [0.15, 0.2) is 24.3 Å². The number of piperidine rings is 1. The van der Waals surface area contributed by atoms with Gasteiger partial charge in [0.1, 0.15) is 0 Å². The highest BCUT2D eigenvalue weighted by Gasteiger charge is 2.15. The van der Waals surface area contributed by atoms with E-state index in [-0.39, 0.29) is 6.03 Å². The Morgan fingerprint density at radius 3 is 2.81 bits per heavy atom. The predicted molar refractivity (Wildman–Crippen MR) is 85.3 cm³/mol. The van der Waals surface area contributed by atoms with Crippen LogP contribution < -0.4 is 5.32 Å². The molecule has 1 fully saturated rings. The summed E-state index contributed by atoms with van der Waals surface area (Å²) in [6.07, 6.45) is 4.53. The molecule has 0 atom stereocenters. The number of rotatable bonds is 3. The van der Waals surface area contributed by atoms with Crippen molar-refractivity contribution >= 4 is 16.9 Å². The fraction of sp³-hybridized carbons (Fsp3) is 0.471. The molecule has 1 aromatic heterocycles. The van der Waals surface area contributed by atoms with Gasteiger partial charge in [-0.1, -0.05) is 19.1 Å². The van der Waals surface area contributed by atoms with Gasteiger partial charge in [0.05, 0.1) is 6.54 Å². The second kappa shape index (κ2) is 6.20. The van der Waals surface area contributed by atoms with E-state index in [0.29, 0.717) is 6.54 Å². The number of hydrogen-bond donors (Lipinski definition) is 2. The lowest BCUT2D eigenvalue weighted by Gasteiger charge is -2.26. The minimum atomic E-state index is 0.0580. The van der Waals surface area contributed by atoms with E-state index in [1.54, 1.807) is 0 Å². The van der Waals surface area contributed by atoms with E-state index < -0.39 is 0 Å². The molecular weight excluding hydrogens is 262 g/mol. The zero-order valence-corrected chi connectivity index (χ0v) is 12.6. The van der Waals surface area contributed by atoms with E-state index in [9.17, 15) is 4.79 Å². The third-order valence-corrected chi connectivity index (χ3v) is 4.22. The van der Waals surface area contributed by atoms with Crippen LogP contribution in [0.2, 0.25) is 0 Å². The molecule has 112 valence electrons. The monoisotopic (exact) mass is 285 g/mol. The first-order valence-corrected chi connectivity index (χ1v) is 7.89. The molecule has 1 saturated heterocycles. The molecule has 1 aliphatic rings. The maximum absolute atomic E-state index is 12.1. The number of carbonyl (C=O) groups is 1. The summed E-state index contributed by atoms with van der Waals surface area (Å²) < 4.78 is 0. The molecule has 0 spiro atoms. The van der Waals surface area contributed by atoms with Crippen LogP contribution in [0.25, 0.3) is 10.9 Å². The Labute approximate surface area is 125 Å². The summed E-state index contributed by atoms with van der Waals surface area (Å²) in [6, 6.07) is 8.66. The number of aryl methyl sites for hydroxylation is 1. The van der Waals surface area contributed by atoms with Gasteiger partial charge >= 0.3 is 6.03 Å². The molecule has 0 radical (unpaired) electrons. The molecule has 0 saturated carbocycles. The lowest BCUT2D eigenvalue weighted by Crippen LogP contribution is -2.42. The molecular formula is C17H23N3O. The summed E-state index contributed by atoms with van der Waals surface area (Å²) in [6.45, 7) is 4.49. The van der Waals surface area contributed by atoms with Gasteiger partial charge in [-0.3, -0.25) is 0 Å². The van der Waals surface area contributed by atoms with Crippen molar-refractivity contribution in [2.45, 2.75) is 39.2 Å². The Hall–Kier alpha value is -1.97. The Morgan fingerprint density at radius 1 is 1.24 bits per heavy atom. The summed E-state index contributed by atoms with van der Waals surface area (Å²) in [5, 5.41) is 4.22. The van der Waals surface area contributed by atoms with Crippen LogP contribution in [0.1, 0.15) is 37.4 Å². The number of fused-ring (bicyclic) bond motifs is 1. The van der Waals surface area contributed by atoms with Crippen molar-refractivity contribution in [1.29, 1.82) is 0 Å². The SMILES string of the molecule is CCc1ccc2cc(CNC(=O)N3CCCCC3)[nH]c2c1. The molecule has 2 N–H and O–H groups in total. The van der Waals surface area contributed by atoms with Crippen molar-refractivity contribution in [2.24, 2.45) is 0 Å². The van der Waals surface area contributed by atoms with E-state index in [0.717, 1.165) is 43.6 Å². The molecule has 2 heterocycles. The highest BCUT2D eigenvalue weighted by molar-refractivity contribution is 5.81. The number of hydrogen-bond acceptors (Lipinski definition) is 1. The zero-order valence-electron chi connectivity index (χ0n) is 12.6. The Kier molecular flexibility index (Phi) is 4.13. The number of likely N-dealkylation sites (tertiary alicyclic amines) is 1. The molecule has 4 nitrogen and oxygen atoms in total. The highest BCUT2D eigenvalue weighted by Crippen LogP contribution is 2.17. The number of benzene rings is 1. The zero-order chi connectivity index (χ0) is 14.7. The third-order valence-electron chi connectivity index (χ3n) is 4.22. The standard InChI is InChI=1S/C17H23N3O/c1-2-13-6-7-14-11-15(19-16(14)10-13)12-18-17(21)20-8-4-3-5-9-20/h6-7,10-11,19H,2-5,8-9,12H2,1H3,(H,18,21). The van der Waals surface area contributed by atoms with Crippen LogP contribution in [0.5, 0.6) is 0 Å². The first-order valence-electron chi connectivity index (χ1n) is 7.89. The molecule has 2 amide bonds. The molecule has 4 heteroatoms. The van der Waals surface area contributed by atoms with Crippen molar-refractivity contribution in [3.05, 3.63) is 35.5 Å². The predicted octanol–water partition coefficient (Wildman–Crippen LogP) is 3.43. The second-order valence-electron chi connectivity index (χ2n) is 5.78. The van der Waals surface area contributed by atoms with Crippen molar-refractivity contribution in [2.75, 3.05) is 13.1 Å². The van der Waals surface area contributed by atoms with Gasteiger partial charge in [0.2, 0.25) is 0 Å². The third kappa shape index (κ3) is 3.20. The maximum Gasteiger partial charge on any atom is 0.317 e. The largest absolute Gasteiger partial charge is 0.357 e. The van der Waals surface area contributed by atoms with Crippen LogP contribution in [-0.2, 0) is 13.0 Å². The smallest absolute Gasteiger partial charge is 0.317 e. The van der Waals surface area contributed by atoms with Gasteiger partial charge in [-0.15, -0.1) is 0 Å². The summed E-state index contributed by atoms with van der Waals surface area (Å²) in [5.74, 6) is 0. The molecule has 1 aromatic carbocycles. The number of nitrogens with zero attached hydrogens (tertiary/aromatic N) is 1. The average molecular weight is 285 g/mol. The molecule has 3 rings (SSSR count). The Balaban J connectivity index is 1.63. The first-order chi connectivity index (χ1) is 10.3. The molecule has 0 aliphatic carbocycles. The molecule has 2 aromatic rings. The van der Waals surface area contributed by atoms with E-state index in [4.69, 9.17) is 0 Å². The van der Waals surface area contributed by atoms with Gasteiger partial charge in [-0.2, -0.15) is 0 Å². The Morgan fingerprint density at radius 2 is 2.05 bits per heavy atom. The van der Waals surface area contributed by atoms with Gasteiger partial charge < -0.3 is 15.2 Å². The summed E-state index contributed by atoms with van der Waals surface area (Å²) >= 11 is 0. The van der Waals surface area contributed by atoms with E-state index in [2.05, 4.69) is 41.5 Å². The number of nitrogens with one attached hydrogen (secondary N) is 2. The average Bonchev–Trinajstić information content (AvgIpc) is 2.95. The minimum absolute atomic E-state index is 0.0580. The van der Waals surface area contributed by atoms with E-state index >= 15 is 0 Å². The summed E-state index contributed by atoms with van der Waals surface area (Å²) in [4.78, 5) is 17.4. The number of H-pyrrole nitrogens is 1. The number of amides is 2. The summed E-state index contributed by atoms with van der Waals surface area (Å²) in [5.41, 5.74) is 3.54. The number of aromatic amines is 1. The van der Waals surface area contributed by atoms with Crippen molar-refractivity contribution in [3.8, 4) is 0 Å².